The molecule has 0 bridgehead atoms. The molecule has 22 heavy (non-hydrogen) atoms. The van der Waals surface area contributed by atoms with E-state index in [0.717, 1.165) is 30.9 Å². The third-order valence-corrected chi connectivity index (χ3v) is 4.60. The van der Waals surface area contributed by atoms with Crippen LogP contribution in [0.25, 0.3) is 5.65 Å². The molecule has 1 fully saturated rings. The first-order valence-corrected chi connectivity index (χ1v) is 7.56. The normalized spacial score (nSPS) is 22.4. The molecule has 3 aromatic heterocycles. The first kappa shape index (κ1) is 13.3. The van der Waals surface area contributed by atoms with Crippen LogP contribution in [0.5, 0.6) is 0 Å². The van der Waals surface area contributed by atoms with Crippen molar-refractivity contribution in [1.82, 2.24) is 29.5 Å². The molecule has 0 aliphatic carbocycles. The Labute approximate surface area is 128 Å². The van der Waals surface area contributed by atoms with Crippen LogP contribution in [-0.2, 0) is 12.1 Å². The SMILES string of the molecule is C[C@@]1(c2ccnc3ccnn23)CCCN1Cc1cnccn1. The van der Waals surface area contributed by atoms with Crippen LogP contribution in [0.1, 0.15) is 31.2 Å². The van der Waals surface area contributed by atoms with Crippen LogP contribution in [-0.4, -0.2) is 36.0 Å². The predicted molar refractivity (Wildman–Crippen MR) is 82.0 cm³/mol. The van der Waals surface area contributed by atoms with E-state index in [4.69, 9.17) is 0 Å². The van der Waals surface area contributed by atoms with Crippen LogP contribution >= 0.6 is 0 Å². The number of hydrogen-bond donors (Lipinski definition) is 0. The van der Waals surface area contributed by atoms with Crippen molar-refractivity contribution in [2.24, 2.45) is 0 Å². The first-order chi connectivity index (χ1) is 10.8. The molecule has 0 amide bonds. The van der Waals surface area contributed by atoms with Gasteiger partial charge in [-0.25, -0.2) is 9.50 Å². The van der Waals surface area contributed by atoms with Gasteiger partial charge < -0.3 is 0 Å². The minimum atomic E-state index is -0.0648. The molecular formula is C16H18N6. The van der Waals surface area contributed by atoms with E-state index >= 15 is 0 Å². The van der Waals surface area contributed by atoms with Gasteiger partial charge in [-0.2, -0.15) is 5.10 Å². The fourth-order valence-electron chi connectivity index (χ4n) is 3.41. The van der Waals surface area contributed by atoms with Crippen LogP contribution < -0.4 is 0 Å². The summed E-state index contributed by atoms with van der Waals surface area (Å²) < 4.78 is 1.95. The van der Waals surface area contributed by atoms with Gasteiger partial charge in [0.2, 0.25) is 0 Å². The Morgan fingerprint density at radius 2 is 2.09 bits per heavy atom. The lowest BCUT2D eigenvalue weighted by molar-refractivity contribution is 0.138. The van der Waals surface area contributed by atoms with E-state index in [9.17, 15) is 0 Å². The third kappa shape index (κ3) is 2.07. The Hall–Kier alpha value is -2.34. The smallest absolute Gasteiger partial charge is 0.155 e. The standard InChI is InChI=1S/C16H18N6/c1-16(14-3-6-19-15-4-7-20-22(14)15)5-2-10-21(16)12-13-11-17-8-9-18-13/h3-4,6-9,11H,2,5,10,12H2,1H3/t16-/m0/s1. The number of nitrogens with zero attached hydrogens (tertiary/aromatic N) is 6. The minimum absolute atomic E-state index is 0.0648. The molecule has 3 aromatic rings. The highest BCUT2D eigenvalue weighted by Gasteiger charge is 2.40. The van der Waals surface area contributed by atoms with Gasteiger partial charge in [0.1, 0.15) is 0 Å². The molecule has 112 valence electrons. The van der Waals surface area contributed by atoms with Crippen LogP contribution in [0.3, 0.4) is 0 Å². The number of hydrogen-bond acceptors (Lipinski definition) is 5. The van der Waals surface area contributed by atoms with Gasteiger partial charge in [-0.3, -0.25) is 14.9 Å². The molecule has 0 aromatic carbocycles. The van der Waals surface area contributed by atoms with Crippen molar-refractivity contribution in [2.45, 2.75) is 31.8 Å². The lowest BCUT2D eigenvalue weighted by atomic mass is 9.94. The summed E-state index contributed by atoms with van der Waals surface area (Å²) in [4.78, 5) is 15.4. The van der Waals surface area contributed by atoms with Crippen molar-refractivity contribution < 1.29 is 0 Å². The van der Waals surface area contributed by atoms with Crippen LogP contribution in [0.15, 0.2) is 43.1 Å². The van der Waals surface area contributed by atoms with Gasteiger partial charge in [-0.15, -0.1) is 0 Å². The highest BCUT2D eigenvalue weighted by atomic mass is 15.3. The molecule has 0 saturated carbocycles. The second kappa shape index (κ2) is 5.14. The monoisotopic (exact) mass is 294 g/mol. The maximum Gasteiger partial charge on any atom is 0.155 e. The highest BCUT2D eigenvalue weighted by molar-refractivity contribution is 5.38. The lowest BCUT2D eigenvalue weighted by Crippen LogP contribution is -2.40. The van der Waals surface area contributed by atoms with Gasteiger partial charge in [0.25, 0.3) is 0 Å². The summed E-state index contributed by atoms with van der Waals surface area (Å²) in [6, 6.07) is 4.02. The van der Waals surface area contributed by atoms with E-state index in [2.05, 4.69) is 37.9 Å². The molecule has 4 heterocycles. The quantitative estimate of drug-likeness (QED) is 0.739. The second-order valence-electron chi connectivity index (χ2n) is 5.93. The molecule has 0 spiro atoms. The van der Waals surface area contributed by atoms with E-state index in [-0.39, 0.29) is 5.54 Å². The molecule has 6 nitrogen and oxygen atoms in total. The average Bonchev–Trinajstić information content (AvgIpc) is 3.16. The second-order valence-corrected chi connectivity index (χ2v) is 5.93. The first-order valence-electron chi connectivity index (χ1n) is 7.56. The summed E-state index contributed by atoms with van der Waals surface area (Å²) in [7, 11) is 0. The minimum Gasteiger partial charge on any atom is -0.286 e. The molecule has 1 aliphatic rings. The van der Waals surface area contributed by atoms with Crippen LogP contribution in [0.4, 0.5) is 0 Å². The Morgan fingerprint density at radius 3 is 2.95 bits per heavy atom. The number of aromatic nitrogens is 5. The zero-order valence-corrected chi connectivity index (χ0v) is 12.6. The van der Waals surface area contributed by atoms with Crippen molar-refractivity contribution >= 4 is 5.65 Å². The van der Waals surface area contributed by atoms with E-state index in [1.54, 1.807) is 18.6 Å². The molecule has 0 radical (unpaired) electrons. The summed E-state index contributed by atoms with van der Waals surface area (Å²) in [5.74, 6) is 0. The predicted octanol–water partition coefficient (Wildman–Crippen LogP) is 2.03. The van der Waals surface area contributed by atoms with Crippen molar-refractivity contribution in [3.05, 3.63) is 54.5 Å². The van der Waals surface area contributed by atoms with Crippen molar-refractivity contribution in [2.75, 3.05) is 6.54 Å². The maximum atomic E-state index is 4.45. The maximum absolute atomic E-state index is 4.45. The summed E-state index contributed by atoms with van der Waals surface area (Å²) in [5, 5.41) is 4.45. The molecule has 6 heteroatoms. The van der Waals surface area contributed by atoms with E-state index in [0.29, 0.717) is 0 Å². The molecule has 1 saturated heterocycles. The number of fused-ring (bicyclic) bond motifs is 1. The van der Waals surface area contributed by atoms with E-state index in [1.165, 1.54) is 12.1 Å². The molecular weight excluding hydrogens is 276 g/mol. The molecule has 4 rings (SSSR count). The Kier molecular flexibility index (Phi) is 3.11. The molecule has 1 aliphatic heterocycles. The Morgan fingerprint density at radius 1 is 1.14 bits per heavy atom. The summed E-state index contributed by atoms with van der Waals surface area (Å²) in [6.07, 6.45) is 11.3. The summed E-state index contributed by atoms with van der Waals surface area (Å²) in [6.45, 7) is 4.14. The summed E-state index contributed by atoms with van der Waals surface area (Å²) in [5.41, 5.74) is 3.01. The van der Waals surface area contributed by atoms with Crippen molar-refractivity contribution in [1.29, 1.82) is 0 Å². The van der Waals surface area contributed by atoms with Crippen LogP contribution in [0.2, 0.25) is 0 Å². The number of rotatable bonds is 3. The van der Waals surface area contributed by atoms with Gasteiger partial charge in [-0.1, -0.05) is 0 Å². The van der Waals surface area contributed by atoms with Gasteiger partial charge >= 0.3 is 0 Å². The van der Waals surface area contributed by atoms with Crippen molar-refractivity contribution in [3.8, 4) is 0 Å². The van der Waals surface area contributed by atoms with Gasteiger partial charge in [0.15, 0.2) is 5.65 Å². The largest absolute Gasteiger partial charge is 0.286 e. The average molecular weight is 294 g/mol. The molecule has 0 unspecified atom stereocenters. The van der Waals surface area contributed by atoms with Gasteiger partial charge in [0.05, 0.1) is 23.1 Å². The van der Waals surface area contributed by atoms with Gasteiger partial charge in [-0.05, 0) is 32.4 Å². The third-order valence-electron chi connectivity index (χ3n) is 4.60. The van der Waals surface area contributed by atoms with Crippen molar-refractivity contribution in [3.63, 3.8) is 0 Å². The topological polar surface area (TPSA) is 59.2 Å². The number of likely N-dealkylation sites (tertiary alicyclic amines) is 1. The molecule has 1 atom stereocenters. The molecule has 0 N–H and O–H groups in total. The highest BCUT2D eigenvalue weighted by Crippen LogP contribution is 2.38. The summed E-state index contributed by atoms with van der Waals surface area (Å²) >= 11 is 0. The lowest BCUT2D eigenvalue weighted by Gasteiger charge is -2.35. The zero-order chi connectivity index (χ0) is 15.0. The van der Waals surface area contributed by atoms with E-state index < -0.39 is 0 Å². The van der Waals surface area contributed by atoms with Crippen LogP contribution in [0, 0.1) is 0 Å². The zero-order valence-electron chi connectivity index (χ0n) is 12.6. The Balaban J connectivity index is 1.73. The van der Waals surface area contributed by atoms with E-state index in [1.807, 2.05) is 23.0 Å². The fourth-order valence-corrected chi connectivity index (χ4v) is 3.41. The fraction of sp³-hybridized carbons (Fsp3) is 0.375. The Bertz CT molecular complexity index is 783. The van der Waals surface area contributed by atoms with Gasteiger partial charge in [0, 0.05) is 37.4 Å².